The van der Waals surface area contributed by atoms with Crippen molar-refractivity contribution in [2.24, 2.45) is 5.10 Å². The zero-order chi connectivity index (χ0) is 21.0. The number of hydrogen-bond acceptors (Lipinski definition) is 4. The molecule has 0 amide bonds. The summed E-state index contributed by atoms with van der Waals surface area (Å²) in [5, 5.41) is 13.8. The zero-order valence-corrected chi connectivity index (χ0v) is 16.8. The second-order valence-corrected chi connectivity index (χ2v) is 7.35. The Morgan fingerprint density at radius 2 is 1.35 bits per heavy atom. The van der Waals surface area contributed by atoms with Gasteiger partial charge in [0.15, 0.2) is 0 Å². The van der Waals surface area contributed by atoms with Crippen molar-refractivity contribution in [2.45, 2.75) is 6.17 Å². The van der Waals surface area contributed by atoms with Crippen LogP contribution in [0.1, 0.15) is 17.3 Å². The molecule has 31 heavy (non-hydrogen) atoms. The first-order valence-electron chi connectivity index (χ1n) is 10.2. The summed E-state index contributed by atoms with van der Waals surface area (Å²) < 4.78 is 0. The molecular formula is C27H20N4. The number of nitriles is 1. The molecular weight excluding hydrogens is 380 g/mol. The molecule has 1 aliphatic rings. The van der Waals surface area contributed by atoms with Crippen LogP contribution < -0.4 is 10.3 Å². The Balaban J connectivity index is 1.71. The van der Waals surface area contributed by atoms with Crippen molar-refractivity contribution in [1.29, 1.82) is 5.26 Å². The Morgan fingerprint density at radius 1 is 0.742 bits per heavy atom. The van der Waals surface area contributed by atoms with Crippen molar-refractivity contribution in [2.75, 3.05) is 4.90 Å². The molecule has 148 valence electrons. The van der Waals surface area contributed by atoms with E-state index in [4.69, 9.17) is 0 Å². The van der Waals surface area contributed by atoms with E-state index in [2.05, 4.69) is 88.2 Å². The van der Waals surface area contributed by atoms with Crippen LogP contribution in [0.3, 0.4) is 0 Å². The molecule has 0 aromatic heterocycles. The first-order valence-corrected chi connectivity index (χ1v) is 10.2. The van der Waals surface area contributed by atoms with Crippen LogP contribution in [0, 0.1) is 11.3 Å². The minimum atomic E-state index is -0.208. The predicted octanol–water partition coefficient (Wildman–Crippen LogP) is 5.94. The molecule has 5 rings (SSSR count). The van der Waals surface area contributed by atoms with E-state index in [0.717, 1.165) is 33.5 Å². The van der Waals surface area contributed by atoms with Gasteiger partial charge in [-0.05, 0) is 28.8 Å². The fourth-order valence-electron chi connectivity index (χ4n) is 4.02. The minimum absolute atomic E-state index is 0.208. The average Bonchev–Trinajstić information content (AvgIpc) is 3.34. The van der Waals surface area contributed by atoms with Crippen LogP contribution in [0.25, 0.3) is 22.3 Å². The summed E-state index contributed by atoms with van der Waals surface area (Å²) in [6.45, 7) is 0. The lowest BCUT2D eigenvalue weighted by atomic mass is 9.94. The van der Waals surface area contributed by atoms with Gasteiger partial charge in [0.05, 0.1) is 17.3 Å². The van der Waals surface area contributed by atoms with Crippen molar-refractivity contribution < 1.29 is 0 Å². The summed E-state index contributed by atoms with van der Waals surface area (Å²) >= 11 is 0. The molecule has 0 saturated heterocycles. The molecule has 1 atom stereocenters. The third-order valence-corrected chi connectivity index (χ3v) is 5.45. The zero-order valence-electron chi connectivity index (χ0n) is 16.8. The second kappa shape index (κ2) is 8.17. The Morgan fingerprint density at radius 3 is 1.97 bits per heavy atom. The first kappa shape index (κ1) is 18.7. The summed E-state index contributed by atoms with van der Waals surface area (Å²) in [5.74, 6) is 0. The number of nitrogens with zero attached hydrogens (tertiary/aromatic N) is 3. The Labute approximate surface area is 181 Å². The van der Waals surface area contributed by atoms with Gasteiger partial charge in [-0.3, -0.25) is 5.43 Å². The van der Waals surface area contributed by atoms with Crippen LogP contribution >= 0.6 is 0 Å². The van der Waals surface area contributed by atoms with Crippen LogP contribution in [0.5, 0.6) is 0 Å². The van der Waals surface area contributed by atoms with E-state index in [-0.39, 0.29) is 6.17 Å². The van der Waals surface area contributed by atoms with Gasteiger partial charge < -0.3 is 4.90 Å². The van der Waals surface area contributed by atoms with Gasteiger partial charge in [0.2, 0.25) is 0 Å². The number of anilines is 1. The Kier molecular flexibility index (Phi) is 4.92. The Bertz CT molecular complexity index is 1220. The van der Waals surface area contributed by atoms with Crippen LogP contribution in [0.15, 0.2) is 108 Å². The van der Waals surface area contributed by atoms with E-state index in [1.807, 2.05) is 42.7 Å². The molecule has 1 unspecified atom stereocenters. The largest absolute Gasteiger partial charge is 0.303 e. The molecule has 0 bridgehead atoms. The lowest BCUT2D eigenvalue weighted by molar-refractivity contribution is 0.617. The number of hydrogen-bond donors (Lipinski definition) is 1. The van der Waals surface area contributed by atoms with Gasteiger partial charge in [0, 0.05) is 11.1 Å². The van der Waals surface area contributed by atoms with Crippen molar-refractivity contribution in [1.82, 2.24) is 5.43 Å². The smallest absolute Gasteiger partial charge is 0.146 e. The van der Waals surface area contributed by atoms with Crippen molar-refractivity contribution in [3.8, 4) is 28.3 Å². The summed E-state index contributed by atoms with van der Waals surface area (Å²) in [6.07, 6.45) is 1.62. The molecule has 0 spiro atoms. The number of para-hydroxylation sites is 1. The van der Waals surface area contributed by atoms with Crippen LogP contribution in [0.2, 0.25) is 0 Å². The maximum Gasteiger partial charge on any atom is 0.146 e. The molecule has 4 nitrogen and oxygen atoms in total. The number of benzene rings is 4. The van der Waals surface area contributed by atoms with E-state index < -0.39 is 0 Å². The minimum Gasteiger partial charge on any atom is -0.303 e. The van der Waals surface area contributed by atoms with E-state index in [1.165, 1.54) is 0 Å². The van der Waals surface area contributed by atoms with Crippen molar-refractivity contribution in [3.05, 3.63) is 114 Å². The normalized spacial score (nSPS) is 14.8. The topological polar surface area (TPSA) is 51.4 Å². The molecule has 4 aromatic carbocycles. The maximum absolute atomic E-state index is 9.36. The van der Waals surface area contributed by atoms with Crippen LogP contribution in [0.4, 0.5) is 5.69 Å². The van der Waals surface area contributed by atoms with E-state index >= 15 is 0 Å². The van der Waals surface area contributed by atoms with Gasteiger partial charge in [-0.15, -0.1) is 0 Å². The molecule has 1 N–H and O–H groups in total. The standard InChI is InChI=1S/C27H20N4/c28-18-20-9-7-14-23(17-20)27-30-29-19-31(27)26-24(21-10-3-1-4-11-21)15-8-16-25(26)22-12-5-2-6-13-22/h1-17,19,27,30H. The average molecular weight is 400 g/mol. The monoisotopic (exact) mass is 400 g/mol. The molecule has 0 radical (unpaired) electrons. The molecule has 0 aliphatic carbocycles. The summed E-state index contributed by atoms with van der Waals surface area (Å²) in [4.78, 5) is 2.15. The highest BCUT2D eigenvalue weighted by Gasteiger charge is 2.28. The summed E-state index contributed by atoms with van der Waals surface area (Å²) in [7, 11) is 0. The fraction of sp³-hybridized carbons (Fsp3) is 0.0370. The maximum atomic E-state index is 9.36. The third kappa shape index (κ3) is 3.54. The summed E-state index contributed by atoms with van der Waals surface area (Å²) in [5.41, 5.74) is 10.4. The molecule has 0 saturated carbocycles. The highest BCUT2D eigenvalue weighted by Crippen LogP contribution is 2.42. The lowest BCUT2D eigenvalue weighted by Gasteiger charge is -2.29. The molecule has 1 aliphatic heterocycles. The van der Waals surface area contributed by atoms with E-state index in [0.29, 0.717) is 5.56 Å². The third-order valence-electron chi connectivity index (χ3n) is 5.45. The SMILES string of the molecule is N#Cc1cccc(C2NN=CN2c2c(-c3ccccc3)cccc2-c2ccccc2)c1. The van der Waals surface area contributed by atoms with Gasteiger partial charge in [0.25, 0.3) is 0 Å². The van der Waals surface area contributed by atoms with Gasteiger partial charge in [-0.2, -0.15) is 10.4 Å². The quantitative estimate of drug-likeness (QED) is 0.461. The van der Waals surface area contributed by atoms with E-state index in [9.17, 15) is 5.26 Å². The highest BCUT2D eigenvalue weighted by atomic mass is 15.5. The molecule has 0 fully saturated rings. The van der Waals surface area contributed by atoms with Crippen molar-refractivity contribution in [3.63, 3.8) is 0 Å². The summed E-state index contributed by atoms with van der Waals surface area (Å²) in [6, 6.07) is 37.0. The number of nitrogens with one attached hydrogen (secondary N) is 1. The number of rotatable bonds is 4. The van der Waals surface area contributed by atoms with Gasteiger partial charge in [0.1, 0.15) is 12.5 Å². The molecule has 4 heteroatoms. The fourth-order valence-corrected chi connectivity index (χ4v) is 4.02. The van der Waals surface area contributed by atoms with Gasteiger partial charge in [-0.1, -0.05) is 91.0 Å². The van der Waals surface area contributed by atoms with Crippen LogP contribution in [-0.4, -0.2) is 6.34 Å². The Hall–Kier alpha value is -4.36. The van der Waals surface area contributed by atoms with Gasteiger partial charge >= 0.3 is 0 Å². The second-order valence-electron chi connectivity index (χ2n) is 7.35. The van der Waals surface area contributed by atoms with E-state index in [1.54, 1.807) is 0 Å². The first-order chi connectivity index (χ1) is 15.3. The molecule has 4 aromatic rings. The predicted molar refractivity (Wildman–Crippen MR) is 125 cm³/mol. The number of hydrazone groups is 1. The van der Waals surface area contributed by atoms with Gasteiger partial charge in [-0.25, -0.2) is 0 Å². The highest BCUT2D eigenvalue weighted by molar-refractivity contribution is 5.98. The van der Waals surface area contributed by atoms with Crippen molar-refractivity contribution >= 4 is 12.0 Å². The van der Waals surface area contributed by atoms with Crippen LogP contribution in [-0.2, 0) is 0 Å². The molecule has 1 heterocycles. The lowest BCUT2D eigenvalue weighted by Crippen LogP contribution is -2.29.